The Balaban J connectivity index is 2.12. The van der Waals surface area contributed by atoms with Crippen LogP contribution in [0.2, 0.25) is 0 Å². The van der Waals surface area contributed by atoms with Crippen LogP contribution in [0.5, 0.6) is 0 Å². The number of nitrogens with one attached hydrogen (secondary N) is 1. The molecule has 0 unspecified atom stereocenters. The fourth-order valence-corrected chi connectivity index (χ4v) is 4.96. The normalized spacial score (nSPS) is 12.4. The third-order valence-electron chi connectivity index (χ3n) is 5.69. The van der Waals surface area contributed by atoms with E-state index in [9.17, 15) is 22.6 Å². The minimum Gasteiger partial charge on any atom is -0.354 e. The van der Waals surface area contributed by atoms with Gasteiger partial charge in [0.25, 0.3) is 10.1 Å². The molecule has 0 saturated carbocycles. The molecular weight excluding hydrogens is 404 g/mol. The van der Waals surface area contributed by atoms with Crippen LogP contribution in [0.1, 0.15) is 5.56 Å². The van der Waals surface area contributed by atoms with Gasteiger partial charge in [0.15, 0.2) is 10.9 Å². The lowest BCUT2D eigenvalue weighted by Crippen LogP contribution is -2.15. The van der Waals surface area contributed by atoms with Crippen LogP contribution in [0.4, 0.5) is 0 Å². The molecule has 150 valence electrons. The molecule has 0 aliphatic carbocycles. The van der Waals surface area contributed by atoms with Gasteiger partial charge in [0.2, 0.25) is 0 Å². The van der Waals surface area contributed by atoms with Gasteiger partial charge in [-0.25, -0.2) is 0 Å². The van der Waals surface area contributed by atoms with Crippen LogP contribution in [0, 0.1) is 6.92 Å². The maximum Gasteiger partial charge on any atom is 0.295 e. The van der Waals surface area contributed by atoms with Crippen molar-refractivity contribution in [1.82, 2.24) is 9.55 Å². The lowest BCUT2D eigenvalue weighted by molar-refractivity contribution is 0.484. The van der Waals surface area contributed by atoms with Crippen LogP contribution >= 0.6 is 0 Å². The van der Waals surface area contributed by atoms with Gasteiger partial charge in [0.1, 0.15) is 4.90 Å². The summed E-state index contributed by atoms with van der Waals surface area (Å²) in [6, 6.07) is 13.1. The largest absolute Gasteiger partial charge is 0.354 e. The summed E-state index contributed by atoms with van der Waals surface area (Å²) in [5.74, 6) is 0. The third-order valence-corrected chi connectivity index (χ3v) is 6.59. The first-order valence-electron chi connectivity index (χ1n) is 9.17. The number of fused-ring (bicyclic) bond motifs is 4. The molecule has 0 saturated heterocycles. The first kappa shape index (κ1) is 18.5. The van der Waals surface area contributed by atoms with Crippen molar-refractivity contribution in [1.29, 1.82) is 0 Å². The number of hydrogen-bond donors (Lipinski definition) is 2. The molecule has 5 rings (SSSR count). The minimum atomic E-state index is -4.60. The molecule has 0 amide bonds. The van der Waals surface area contributed by atoms with Gasteiger partial charge in [-0.15, -0.1) is 0 Å². The second kappa shape index (κ2) is 6.01. The van der Waals surface area contributed by atoms with Crippen LogP contribution in [0.3, 0.4) is 0 Å². The molecule has 2 N–H and O–H groups in total. The summed E-state index contributed by atoms with van der Waals surface area (Å²) in [5.41, 5.74) is 1.89. The van der Waals surface area contributed by atoms with Crippen molar-refractivity contribution in [3.8, 4) is 0 Å². The molecule has 0 atom stereocenters. The van der Waals surface area contributed by atoms with Crippen LogP contribution in [-0.2, 0) is 17.2 Å². The average molecular weight is 420 g/mol. The smallest absolute Gasteiger partial charge is 0.295 e. The van der Waals surface area contributed by atoms with E-state index in [0.717, 1.165) is 0 Å². The van der Waals surface area contributed by atoms with Crippen molar-refractivity contribution in [3.63, 3.8) is 0 Å². The number of aromatic nitrogens is 2. The highest BCUT2D eigenvalue weighted by molar-refractivity contribution is 7.86. The predicted octanol–water partition coefficient (Wildman–Crippen LogP) is 3.24. The fourth-order valence-electron chi connectivity index (χ4n) is 4.26. The standard InChI is InChI=1S/C22H16N2O5S/c1-11-18-16(10-13-20(11)23-14-7-4-3-6-12(14)21(13)25)24(2)15-8-5-9-17(30(27,28)29)19(15)22(18)26/h3-10H,1-2H3,(H,23,25)(H,27,28,29). The van der Waals surface area contributed by atoms with Crippen LogP contribution < -0.4 is 10.9 Å². The van der Waals surface area contributed by atoms with Crippen molar-refractivity contribution in [2.45, 2.75) is 11.8 Å². The van der Waals surface area contributed by atoms with E-state index < -0.39 is 20.4 Å². The molecule has 0 aliphatic heterocycles. The van der Waals surface area contributed by atoms with Gasteiger partial charge in [-0.1, -0.05) is 18.2 Å². The summed E-state index contributed by atoms with van der Waals surface area (Å²) in [5, 5.41) is 1.20. The minimum absolute atomic E-state index is 0.0828. The Morgan fingerprint density at radius 2 is 1.63 bits per heavy atom. The number of H-pyrrole nitrogens is 1. The zero-order valence-corrected chi connectivity index (χ0v) is 16.9. The van der Waals surface area contributed by atoms with Crippen LogP contribution in [0.15, 0.2) is 63.0 Å². The van der Waals surface area contributed by atoms with Gasteiger partial charge in [-0.3, -0.25) is 14.1 Å². The Labute approximate surface area is 169 Å². The van der Waals surface area contributed by atoms with Crippen LogP contribution in [0.25, 0.3) is 43.6 Å². The predicted molar refractivity (Wildman–Crippen MR) is 117 cm³/mol. The molecule has 8 heteroatoms. The Hall–Kier alpha value is -3.49. The molecule has 0 bridgehead atoms. The van der Waals surface area contributed by atoms with Gasteiger partial charge in [-0.2, -0.15) is 8.42 Å². The number of pyridine rings is 2. The number of benzene rings is 3. The summed E-state index contributed by atoms with van der Waals surface area (Å²) < 4.78 is 35.1. The van der Waals surface area contributed by atoms with E-state index >= 15 is 0 Å². The van der Waals surface area contributed by atoms with E-state index in [0.29, 0.717) is 43.8 Å². The lowest BCUT2D eigenvalue weighted by Gasteiger charge is -2.15. The highest BCUT2D eigenvalue weighted by Crippen LogP contribution is 2.29. The van der Waals surface area contributed by atoms with Gasteiger partial charge < -0.3 is 9.55 Å². The molecule has 5 aromatic rings. The zero-order chi connectivity index (χ0) is 21.4. The molecule has 0 spiro atoms. The first-order chi connectivity index (χ1) is 14.2. The molecule has 2 heterocycles. The number of hydrogen-bond acceptors (Lipinski definition) is 4. The van der Waals surface area contributed by atoms with Gasteiger partial charge in [0.05, 0.1) is 27.3 Å². The van der Waals surface area contributed by atoms with E-state index in [1.165, 1.54) is 12.1 Å². The number of para-hydroxylation sites is 1. The summed E-state index contributed by atoms with van der Waals surface area (Å²) in [4.78, 5) is 29.3. The SMILES string of the molecule is Cc1c2[nH]c3ccccc3c(=O)c2cc2c1c(=O)c1c(S(=O)(=O)O)cccc1n2C. The average Bonchev–Trinajstić information content (AvgIpc) is 2.71. The Kier molecular flexibility index (Phi) is 3.71. The number of aryl methyl sites for hydroxylation is 2. The van der Waals surface area contributed by atoms with E-state index in [-0.39, 0.29) is 10.8 Å². The fraction of sp³-hybridized carbons (Fsp3) is 0.0909. The quantitative estimate of drug-likeness (QED) is 0.320. The van der Waals surface area contributed by atoms with Gasteiger partial charge in [-0.05, 0) is 42.8 Å². The molecule has 0 radical (unpaired) electrons. The Bertz CT molecular complexity index is 1780. The maximum atomic E-state index is 13.4. The molecule has 7 nitrogen and oxygen atoms in total. The Morgan fingerprint density at radius 1 is 0.900 bits per heavy atom. The second-order valence-corrected chi connectivity index (χ2v) is 8.72. The maximum absolute atomic E-state index is 13.4. The first-order valence-corrected chi connectivity index (χ1v) is 10.6. The summed E-state index contributed by atoms with van der Waals surface area (Å²) >= 11 is 0. The summed E-state index contributed by atoms with van der Waals surface area (Å²) in [6.45, 7) is 1.72. The van der Waals surface area contributed by atoms with E-state index in [2.05, 4.69) is 4.98 Å². The van der Waals surface area contributed by atoms with Gasteiger partial charge in [0, 0.05) is 23.3 Å². The Morgan fingerprint density at radius 3 is 2.37 bits per heavy atom. The van der Waals surface area contributed by atoms with Gasteiger partial charge >= 0.3 is 0 Å². The van der Waals surface area contributed by atoms with Crippen molar-refractivity contribution in [3.05, 3.63) is 74.5 Å². The molecule has 3 aromatic carbocycles. The molecule has 0 aliphatic rings. The summed E-state index contributed by atoms with van der Waals surface area (Å²) in [6.07, 6.45) is 0. The molecule has 0 fully saturated rings. The van der Waals surface area contributed by atoms with Crippen molar-refractivity contribution in [2.24, 2.45) is 7.05 Å². The van der Waals surface area contributed by atoms with Crippen molar-refractivity contribution in [2.75, 3.05) is 0 Å². The highest BCUT2D eigenvalue weighted by atomic mass is 32.2. The van der Waals surface area contributed by atoms with E-state index in [1.54, 1.807) is 48.9 Å². The monoisotopic (exact) mass is 420 g/mol. The van der Waals surface area contributed by atoms with E-state index in [4.69, 9.17) is 0 Å². The number of aromatic amines is 1. The van der Waals surface area contributed by atoms with Crippen LogP contribution in [-0.4, -0.2) is 22.5 Å². The molecule has 2 aromatic heterocycles. The van der Waals surface area contributed by atoms with Crippen molar-refractivity contribution < 1.29 is 13.0 Å². The topological polar surface area (TPSA) is 109 Å². The summed E-state index contributed by atoms with van der Waals surface area (Å²) in [7, 11) is -2.91. The highest BCUT2D eigenvalue weighted by Gasteiger charge is 2.22. The number of rotatable bonds is 1. The lowest BCUT2D eigenvalue weighted by atomic mass is 10.00. The molecular formula is C22H16N2O5S. The number of nitrogens with zero attached hydrogens (tertiary/aromatic N) is 1. The second-order valence-electron chi connectivity index (χ2n) is 7.33. The van der Waals surface area contributed by atoms with E-state index in [1.807, 2.05) is 6.07 Å². The zero-order valence-electron chi connectivity index (χ0n) is 16.1. The molecule has 30 heavy (non-hydrogen) atoms. The third kappa shape index (κ3) is 2.38. The van der Waals surface area contributed by atoms with Crippen molar-refractivity contribution >= 4 is 53.7 Å².